The fourth-order valence-electron chi connectivity index (χ4n) is 1.43. The van der Waals surface area contributed by atoms with Gasteiger partial charge in [-0.05, 0) is 24.6 Å². The Bertz CT molecular complexity index is 503. The van der Waals surface area contributed by atoms with E-state index in [9.17, 15) is 0 Å². The molecule has 2 aromatic rings. The monoisotopic (exact) mass is 171 g/mol. The van der Waals surface area contributed by atoms with E-state index in [0.29, 0.717) is 5.56 Å². The molecule has 3 heteroatoms. The van der Waals surface area contributed by atoms with Crippen LogP contribution in [0.4, 0.5) is 0 Å². The smallest absolute Gasteiger partial charge is 0.0995 e. The van der Waals surface area contributed by atoms with Gasteiger partial charge in [0.25, 0.3) is 0 Å². The van der Waals surface area contributed by atoms with Gasteiger partial charge in [0.15, 0.2) is 0 Å². The maximum absolute atomic E-state index is 8.80. The minimum absolute atomic E-state index is 0.700. The van der Waals surface area contributed by atoms with Crippen molar-refractivity contribution in [3.8, 4) is 6.07 Å². The molecule has 0 N–H and O–H groups in total. The van der Waals surface area contributed by atoms with E-state index in [1.54, 1.807) is 4.68 Å². The van der Waals surface area contributed by atoms with E-state index in [-0.39, 0.29) is 0 Å². The molecule has 13 heavy (non-hydrogen) atoms. The minimum Gasteiger partial charge on any atom is -0.275 e. The molecule has 0 aliphatic carbocycles. The Labute approximate surface area is 76.2 Å². The lowest BCUT2D eigenvalue weighted by molar-refractivity contribution is 0.779. The molecular weight excluding hydrogens is 162 g/mol. The van der Waals surface area contributed by atoms with Crippen molar-refractivity contribution in [1.29, 1.82) is 5.26 Å². The zero-order valence-electron chi connectivity index (χ0n) is 7.57. The van der Waals surface area contributed by atoms with E-state index in [1.165, 1.54) is 0 Å². The molecule has 64 valence electrons. The van der Waals surface area contributed by atoms with Crippen LogP contribution in [0.1, 0.15) is 11.1 Å². The molecule has 0 aliphatic rings. The Balaban J connectivity index is 2.82. The molecule has 0 saturated heterocycles. The van der Waals surface area contributed by atoms with Gasteiger partial charge in [0.1, 0.15) is 0 Å². The van der Waals surface area contributed by atoms with Crippen LogP contribution in [0.15, 0.2) is 18.3 Å². The Morgan fingerprint density at radius 3 is 2.92 bits per heavy atom. The maximum Gasteiger partial charge on any atom is 0.0995 e. The maximum atomic E-state index is 8.80. The first-order valence-electron chi connectivity index (χ1n) is 4.05. The van der Waals surface area contributed by atoms with E-state index >= 15 is 0 Å². The van der Waals surface area contributed by atoms with Crippen molar-refractivity contribution in [1.82, 2.24) is 9.78 Å². The first-order chi connectivity index (χ1) is 6.20. The summed E-state index contributed by atoms with van der Waals surface area (Å²) in [4.78, 5) is 0. The molecule has 0 bridgehead atoms. The summed E-state index contributed by atoms with van der Waals surface area (Å²) in [6.45, 7) is 1.94. The van der Waals surface area contributed by atoms with Gasteiger partial charge in [-0.3, -0.25) is 4.68 Å². The van der Waals surface area contributed by atoms with Gasteiger partial charge >= 0.3 is 0 Å². The third-order valence-electron chi connectivity index (χ3n) is 2.09. The summed E-state index contributed by atoms with van der Waals surface area (Å²) in [7, 11) is 1.88. The van der Waals surface area contributed by atoms with Crippen LogP contribution in [0.3, 0.4) is 0 Å². The summed E-state index contributed by atoms with van der Waals surface area (Å²) < 4.78 is 1.76. The van der Waals surface area contributed by atoms with Crippen molar-refractivity contribution < 1.29 is 0 Å². The summed E-state index contributed by atoms with van der Waals surface area (Å²) in [5, 5.41) is 14.1. The number of hydrogen-bond acceptors (Lipinski definition) is 2. The number of fused-ring (bicyclic) bond motifs is 1. The van der Waals surface area contributed by atoms with E-state index in [2.05, 4.69) is 11.2 Å². The average molecular weight is 171 g/mol. The molecule has 0 spiro atoms. The van der Waals surface area contributed by atoms with Gasteiger partial charge in [0, 0.05) is 18.6 Å². The highest BCUT2D eigenvalue weighted by Gasteiger charge is 2.02. The Kier molecular flexibility index (Phi) is 1.56. The van der Waals surface area contributed by atoms with Crippen LogP contribution in [-0.4, -0.2) is 9.78 Å². The summed E-state index contributed by atoms with van der Waals surface area (Å²) >= 11 is 0. The van der Waals surface area contributed by atoms with Gasteiger partial charge in [-0.2, -0.15) is 10.4 Å². The fraction of sp³-hybridized carbons (Fsp3) is 0.200. The molecule has 0 saturated carbocycles. The average Bonchev–Trinajstić information content (AvgIpc) is 2.42. The Morgan fingerprint density at radius 1 is 1.46 bits per heavy atom. The Morgan fingerprint density at radius 2 is 2.23 bits per heavy atom. The molecule has 0 aliphatic heterocycles. The molecular formula is C10H9N3. The van der Waals surface area contributed by atoms with Gasteiger partial charge < -0.3 is 0 Å². The van der Waals surface area contributed by atoms with Gasteiger partial charge in [-0.15, -0.1) is 0 Å². The van der Waals surface area contributed by atoms with Crippen LogP contribution in [0.2, 0.25) is 0 Å². The molecule has 0 amide bonds. The summed E-state index contributed by atoms with van der Waals surface area (Å²) in [6, 6.07) is 5.96. The van der Waals surface area contributed by atoms with E-state index in [1.807, 2.05) is 32.3 Å². The van der Waals surface area contributed by atoms with Gasteiger partial charge in [-0.1, -0.05) is 0 Å². The Hall–Kier alpha value is -1.82. The van der Waals surface area contributed by atoms with Crippen molar-refractivity contribution in [2.45, 2.75) is 6.92 Å². The zero-order valence-corrected chi connectivity index (χ0v) is 7.57. The zero-order chi connectivity index (χ0) is 9.42. The van der Waals surface area contributed by atoms with E-state index in [0.717, 1.165) is 16.5 Å². The molecule has 0 atom stereocenters. The molecule has 1 aromatic carbocycles. The molecule has 1 heterocycles. The van der Waals surface area contributed by atoms with Gasteiger partial charge in [0.2, 0.25) is 0 Å². The van der Waals surface area contributed by atoms with Crippen LogP contribution in [0.5, 0.6) is 0 Å². The lowest BCUT2D eigenvalue weighted by Crippen LogP contribution is -1.85. The van der Waals surface area contributed by atoms with Crippen molar-refractivity contribution in [3.05, 3.63) is 29.5 Å². The van der Waals surface area contributed by atoms with E-state index < -0.39 is 0 Å². The highest BCUT2D eigenvalue weighted by atomic mass is 15.2. The molecule has 0 radical (unpaired) electrons. The number of nitrogens with zero attached hydrogens (tertiary/aromatic N) is 3. The first-order valence-corrected chi connectivity index (χ1v) is 4.05. The minimum atomic E-state index is 0.700. The van der Waals surface area contributed by atoms with Gasteiger partial charge in [0.05, 0.1) is 17.1 Å². The summed E-state index contributed by atoms with van der Waals surface area (Å²) in [6.07, 6.45) is 1.95. The highest BCUT2D eigenvalue weighted by Crippen LogP contribution is 2.17. The molecule has 3 nitrogen and oxygen atoms in total. The van der Waals surface area contributed by atoms with E-state index in [4.69, 9.17) is 5.26 Å². The third kappa shape index (κ3) is 1.17. The number of nitriles is 1. The number of hydrogen-bond donors (Lipinski definition) is 0. The van der Waals surface area contributed by atoms with Crippen molar-refractivity contribution in [2.24, 2.45) is 7.05 Å². The molecule has 0 fully saturated rings. The first kappa shape index (κ1) is 7.81. The quantitative estimate of drug-likeness (QED) is 0.606. The molecule has 2 rings (SSSR count). The van der Waals surface area contributed by atoms with Crippen LogP contribution < -0.4 is 0 Å². The predicted octanol–water partition coefficient (Wildman–Crippen LogP) is 1.75. The summed E-state index contributed by atoms with van der Waals surface area (Å²) in [5.74, 6) is 0. The second kappa shape index (κ2) is 2.60. The van der Waals surface area contributed by atoms with Gasteiger partial charge in [-0.25, -0.2) is 0 Å². The van der Waals surface area contributed by atoms with Crippen LogP contribution in [0.25, 0.3) is 10.9 Å². The van der Waals surface area contributed by atoms with Crippen LogP contribution in [-0.2, 0) is 7.05 Å². The number of rotatable bonds is 0. The normalized spacial score (nSPS) is 10.2. The van der Waals surface area contributed by atoms with Crippen LogP contribution in [0, 0.1) is 18.3 Å². The third-order valence-corrected chi connectivity index (χ3v) is 2.09. The topological polar surface area (TPSA) is 41.6 Å². The number of aromatic nitrogens is 2. The van der Waals surface area contributed by atoms with Crippen molar-refractivity contribution in [3.63, 3.8) is 0 Å². The van der Waals surface area contributed by atoms with Crippen molar-refractivity contribution >= 4 is 10.9 Å². The number of benzene rings is 1. The standard InChI is InChI=1S/C10H9N3/c1-7-3-9-6-13(2)12-10(9)4-8(7)5-11/h3-4,6H,1-2H3. The summed E-state index contributed by atoms with van der Waals surface area (Å²) in [5.41, 5.74) is 2.58. The fourth-order valence-corrected chi connectivity index (χ4v) is 1.43. The number of aryl methyl sites for hydroxylation is 2. The highest BCUT2D eigenvalue weighted by molar-refractivity contribution is 5.80. The second-order valence-corrected chi connectivity index (χ2v) is 3.14. The predicted molar refractivity (Wildman–Crippen MR) is 50.2 cm³/mol. The molecule has 1 aromatic heterocycles. The lowest BCUT2D eigenvalue weighted by atomic mass is 10.1. The van der Waals surface area contributed by atoms with Crippen molar-refractivity contribution in [2.75, 3.05) is 0 Å². The second-order valence-electron chi connectivity index (χ2n) is 3.14. The lowest BCUT2D eigenvalue weighted by Gasteiger charge is -1.94. The largest absolute Gasteiger partial charge is 0.275 e. The van der Waals surface area contributed by atoms with Crippen LogP contribution >= 0.6 is 0 Å². The SMILES string of the molecule is Cc1cc2cn(C)nc2cc1C#N. The molecule has 0 unspecified atom stereocenters.